The Morgan fingerprint density at radius 3 is 2.59 bits per heavy atom. The molecule has 3 heteroatoms. The summed E-state index contributed by atoms with van der Waals surface area (Å²) in [6.07, 6.45) is 6.65. The fourth-order valence-electron chi connectivity index (χ4n) is 3.59. The number of hydrogen-bond acceptors (Lipinski definition) is 3. The van der Waals surface area contributed by atoms with Crippen LogP contribution in [0.25, 0.3) is 0 Å². The molecule has 0 radical (unpaired) electrons. The summed E-state index contributed by atoms with van der Waals surface area (Å²) in [4.78, 5) is 2.56. The van der Waals surface area contributed by atoms with Crippen LogP contribution in [0.2, 0.25) is 0 Å². The van der Waals surface area contributed by atoms with Crippen LogP contribution in [0, 0.1) is 13.8 Å². The summed E-state index contributed by atoms with van der Waals surface area (Å²) in [5.41, 5.74) is 4.08. The molecule has 1 aliphatic heterocycles. The lowest BCUT2D eigenvalue weighted by Gasteiger charge is -2.28. The zero-order valence-corrected chi connectivity index (χ0v) is 14.2. The molecule has 122 valence electrons. The van der Waals surface area contributed by atoms with Crippen LogP contribution in [0.15, 0.2) is 12.1 Å². The van der Waals surface area contributed by atoms with E-state index in [1.54, 1.807) is 0 Å². The molecule has 1 aromatic rings. The summed E-state index contributed by atoms with van der Waals surface area (Å²) in [5.74, 6) is 1.18. The number of nitrogens with one attached hydrogen (secondary N) is 1. The molecule has 2 aliphatic rings. The van der Waals surface area contributed by atoms with Crippen molar-refractivity contribution in [1.29, 1.82) is 0 Å². The quantitative estimate of drug-likeness (QED) is 0.904. The molecule has 1 aliphatic carbocycles. The molecule has 0 unspecified atom stereocenters. The molecule has 0 spiro atoms. The predicted octanol–water partition coefficient (Wildman–Crippen LogP) is 3.07. The Balaban J connectivity index is 1.69. The standard InChI is InChI=1S/C19H30N2O/c1-15-7-8-17(9-12-21-13-10-20-11-14-21)19(16(15)2)22-18-5-3-4-6-18/h7-8,18,20H,3-6,9-14H2,1-2H3. The molecule has 0 aromatic heterocycles. The average Bonchev–Trinajstić information content (AvgIpc) is 3.05. The summed E-state index contributed by atoms with van der Waals surface area (Å²) in [6, 6.07) is 4.54. The van der Waals surface area contributed by atoms with Crippen molar-refractivity contribution < 1.29 is 4.74 Å². The van der Waals surface area contributed by atoms with Gasteiger partial charge in [0.15, 0.2) is 0 Å². The van der Waals surface area contributed by atoms with E-state index in [2.05, 4.69) is 36.2 Å². The molecule has 1 saturated carbocycles. The van der Waals surface area contributed by atoms with Gasteiger partial charge in [0.05, 0.1) is 6.10 Å². The van der Waals surface area contributed by atoms with Crippen molar-refractivity contribution >= 4 is 0 Å². The van der Waals surface area contributed by atoms with E-state index < -0.39 is 0 Å². The van der Waals surface area contributed by atoms with Gasteiger partial charge in [0, 0.05) is 32.7 Å². The van der Waals surface area contributed by atoms with E-state index in [4.69, 9.17) is 4.74 Å². The second kappa shape index (κ2) is 7.47. The minimum atomic E-state index is 0.443. The van der Waals surface area contributed by atoms with Crippen LogP contribution in [-0.4, -0.2) is 43.7 Å². The summed E-state index contributed by atoms with van der Waals surface area (Å²) in [6.45, 7) is 10.1. The fourth-order valence-corrected chi connectivity index (χ4v) is 3.59. The van der Waals surface area contributed by atoms with Gasteiger partial charge in [0.2, 0.25) is 0 Å². The van der Waals surface area contributed by atoms with Crippen molar-refractivity contribution in [2.75, 3.05) is 32.7 Å². The molecule has 3 rings (SSSR count). The predicted molar refractivity (Wildman–Crippen MR) is 91.8 cm³/mol. The number of rotatable bonds is 5. The Kier molecular flexibility index (Phi) is 5.37. The third-order valence-corrected chi connectivity index (χ3v) is 5.25. The van der Waals surface area contributed by atoms with Gasteiger partial charge >= 0.3 is 0 Å². The number of aryl methyl sites for hydroxylation is 1. The van der Waals surface area contributed by atoms with Gasteiger partial charge in [0.25, 0.3) is 0 Å². The van der Waals surface area contributed by atoms with Crippen LogP contribution < -0.4 is 10.1 Å². The van der Waals surface area contributed by atoms with Gasteiger partial charge in [-0.15, -0.1) is 0 Å². The van der Waals surface area contributed by atoms with E-state index in [1.807, 2.05) is 0 Å². The normalized spacial score (nSPS) is 20.5. The lowest BCUT2D eigenvalue weighted by molar-refractivity contribution is 0.204. The maximum atomic E-state index is 6.43. The molecule has 1 saturated heterocycles. The summed E-state index contributed by atoms with van der Waals surface area (Å²) < 4.78 is 6.43. The number of piperazine rings is 1. The molecule has 22 heavy (non-hydrogen) atoms. The zero-order valence-electron chi connectivity index (χ0n) is 14.2. The van der Waals surface area contributed by atoms with Crippen LogP contribution in [0.3, 0.4) is 0 Å². The molecule has 0 bridgehead atoms. The highest BCUT2D eigenvalue weighted by Crippen LogP contribution is 2.31. The van der Waals surface area contributed by atoms with Crippen molar-refractivity contribution in [1.82, 2.24) is 10.2 Å². The van der Waals surface area contributed by atoms with Crippen molar-refractivity contribution in [3.63, 3.8) is 0 Å². The SMILES string of the molecule is Cc1ccc(CCN2CCNCC2)c(OC2CCCC2)c1C. The second-order valence-corrected chi connectivity index (χ2v) is 6.86. The largest absolute Gasteiger partial charge is 0.490 e. The summed E-state index contributed by atoms with van der Waals surface area (Å²) in [7, 11) is 0. The molecule has 1 N–H and O–H groups in total. The number of nitrogens with zero attached hydrogens (tertiary/aromatic N) is 1. The topological polar surface area (TPSA) is 24.5 Å². The molecule has 1 aromatic carbocycles. The lowest BCUT2D eigenvalue weighted by atomic mass is 10.0. The van der Waals surface area contributed by atoms with E-state index in [1.165, 1.54) is 61.2 Å². The van der Waals surface area contributed by atoms with Crippen molar-refractivity contribution in [3.8, 4) is 5.75 Å². The minimum absolute atomic E-state index is 0.443. The van der Waals surface area contributed by atoms with Crippen molar-refractivity contribution in [3.05, 3.63) is 28.8 Å². The van der Waals surface area contributed by atoms with Gasteiger partial charge in [-0.25, -0.2) is 0 Å². The number of ether oxygens (including phenoxy) is 1. The number of benzene rings is 1. The van der Waals surface area contributed by atoms with Gasteiger partial charge in [-0.2, -0.15) is 0 Å². The van der Waals surface area contributed by atoms with E-state index in [-0.39, 0.29) is 0 Å². The van der Waals surface area contributed by atoms with E-state index in [0.717, 1.165) is 26.1 Å². The van der Waals surface area contributed by atoms with Gasteiger partial charge < -0.3 is 15.0 Å². The van der Waals surface area contributed by atoms with E-state index >= 15 is 0 Å². The summed E-state index contributed by atoms with van der Waals surface area (Å²) >= 11 is 0. The van der Waals surface area contributed by atoms with Crippen LogP contribution in [0.4, 0.5) is 0 Å². The highest BCUT2D eigenvalue weighted by atomic mass is 16.5. The van der Waals surface area contributed by atoms with E-state index in [0.29, 0.717) is 6.10 Å². The van der Waals surface area contributed by atoms with Crippen LogP contribution in [0.1, 0.15) is 42.4 Å². The minimum Gasteiger partial charge on any atom is -0.490 e. The highest BCUT2D eigenvalue weighted by molar-refractivity contribution is 5.45. The summed E-state index contributed by atoms with van der Waals surface area (Å²) in [5, 5.41) is 3.42. The Hall–Kier alpha value is -1.06. The Bertz CT molecular complexity index is 488. The third-order valence-electron chi connectivity index (χ3n) is 5.25. The van der Waals surface area contributed by atoms with Crippen molar-refractivity contribution in [2.45, 2.75) is 52.1 Å². The molecular formula is C19H30N2O. The Labute approximate surface area is 135 Å². The highest BCUT2D eigenvalue weighted by Gasteiger charge is 2.20. The van der Waals surface area contributed by atoms with Crippen LogP contribution >= 0.6 is 0 Å². The molecule has 1 heterocycles. The van der Waals surface area contributed by atoms with Gasteiger partial charge in [-0.1, -0.05) is 12.1 Å². The first kappa shape index (κ1) is 15.8. The smallest absolute Gasteiger partial charge is 0.126 e. The Morgan fingerprint density at radius 1 is 1.14 bits per heavy atom. The number of hydrogen-bond donors (Lipinski definition) is 1. The zero-order chi connectivity index (χ0) is 15.4. The third kappa shape index (κ3) is 3.82. The van der Waals surface area contributed by atoms with Crippen LogP contribution in [-0.2, 0) is 6.42 Å². The maximum Gasteiger partial charge on any atom is 0.126 e. The fraction of sp³-hybridized carbons (Fsp3) is 0.684. The molecule has 0 atom stereocenters. The van der Waals surface area contributed by atoms with Crippen molar-refractivity contribution in [2.24, 2.45) is 0 Å². The maximum absolute atomic E-state index is 6.43. The molecule has 2 fully saturated rings. The monoisotopic (exact) mass is 302 g/mol. The van der Waals surface area contributed by atoms with Gasteiger partial charge in [0.1, 0.15) is 5.75 Å². The molecular weight excluding hydrogens is 272 g/mol. The molecule has 3 nitrogen and oxygen atoms in total. The first-order valence-corrected chi connectivity index (χ1v) is 8.93. The van der Waals surface area contributed by atoms with E-state index in [9.17, 15) is 0 Å². The second-order valence-electron chi connectivity index (χ2n) is 6.86. The lowest BCUT2D eigenvalue weighted by Crippen LogP contribution is -2.44. The van der Waals surface area contributed by atoms with Gasteiger partial charge in [-0.3, -0.25) is 0 Å². The average molecular weight is 302 g/mol. The molecule has 0 amide bonds. The first-order chi connectivity index (χ1) is 10.7. The first-order valence-electron chi connectivity index (χ1n) is 8.93. The Morgan fingerprint density at radius 2 is 1.86 bits per heavy atom. The van der Waals surface area contributed by atoms with Crippen LogP contribution in [0.5, 0.6) is 5.75 Å². The van der Waals surface area contributed by atoms with Gasteiger partial charge in [-0.05, 0) is 62.6 Å².